The van der Waals surface area contributed by atoms with Gasteiger partial charge in [0.2, 0.25) is 46.0 Å². The number of nitrogens with one attached hydrogen (secondary N) is 2. The summed E-state index contributed by atoms with van der Waals surface area (Å²) in [5.41, 5.74) is 0.415. The molecule has 17 rings (SSSR count). The number of H-pyrrole nitrogens is 2. The third-order valence-corrected chi connectivity index (χ3v) is 21.2. The highest BCUT2D eigenvalue weighted by atomic mass is 19.2. The third-order valence-electron chi connectivity index (χ3n) is 21.2. The van der Waals surface area contributed by atoms with Crippen molar-refractivity contribution in [2.75, 3.05) is 0 Å². The zero-order valence-corrected chi connectivity index (χ0v) is 66.1. The van der Waals surface area contributed by atoms with E-state index in [0.29, 0.717) is 51.4 Å². The monoisotopic (exact) mass is 1620 g/mol. The van der Waals surface area contributed by atoms with Gasteiger partial charge in [-0.25, -0.2) is 65.0 Å². The summed E-state index contributed by atoms with van der Waals surface area (Å²) in [5.74, 6) is -21.7. The minimum Gasteiger partial charge on any atom is -0.450 e. The highest BCUT2D eigenvalue weighted by molar-refractivity contribution is 6.09. The van der Waals surface area contributed by atoms with E-state index in [9.17, 15) is 0 Å². The largest absolute Gasteiger partial charge is 0.450 e. The Morgan fingerprint density at radius 1 is 0.192 bits per heavy atom. The van der Waals surface area contributed by atoms with Gasteiger partial charge >= 0.3 is 0 Å². The quantitative estimate of drug-likeness (QED) is 0.0545. The Labute approximate surface area is 683 Å². The molecule has 12 aromatic carbocycles. The maximum Gasteiger partial charge on any atom is 0.209 e. The number of halogens is 8. The van der Waals surface area contributed by atoms with E-state index >= 15 is 35.1 Å². The molecule has 0 unspecified atom stereocenters. The number of ether oxygens (including phenoxy) is 8. The van der Waals surface area contributed by atoms with Crippen LogP contribution < -0.4 is 37.9 Å². The van der Waals surface area contributed by atoms with E-state index in [1.54, 1.807) is 97.1 Å². The number of aromatic amines is 2. The van der Waals surface area contributed by atoms with E-state index in [1.165, 1.54) is 97.1 Å². The van der Waals surface area contributed by atoms with Crippen LogP contribution in [0.15, 0.2) is 194 Å². The van der Waals surface area contributed by atoms with Crippen molar-refractivity contribution in [3.8, 4) is 138 Å². The lowest BCUT2D eigenvalue weighted by molar-refractivity contribution is 0.376. The molecule has 8 bridgehead atoms. The Kier molecular flexibility index (Phi) is 21.4. The van der Waals surface area contributed by atoms with Crippen molar-refractivity contribution >= 4 is 44.1 Å². The Hall–Kier alpha value is -14.2. The number of nitrogens with zero attached hydrogens (tertiary/aromatic N) is 6. The first kappa shape index (κ1) is 78.4. The van der Waals surface area contributed by atoms with Crippen molar-refractivity contribution in [2.45, 2.75) is 107 Å². The first-order chi connectivity index (χ1) is 58.3. The summed E-state index contributed by atoms with van der Waals surface area (Å²) in [6, 6.07) is 51.9. The van der Waals surface area contributed by atoms with Crippen LogP contribution in [0.2, 0.25) is 0 Å². The average Bonchev–Trinajstić information content (AvgIpc) is 1.55. The zero-order chi connectivity index (χ0) is 83.3. The molecule has 0 amide bonds. The molecular formula is C96H74F8N8O8. The van der Waals surface area contributed by atoms with E-state index in [4.69, 9.17) is 67.8 Å². The lowest BCUT2D eigenvalue weighted by Crippen LogP contribution is -2.02. The SMILES string of the molecule is CCc1ccc(Oc2c(F)c3c(c(F)c2Oc2ccc(CC)cc2)-c2nc-3nc3[nH]c(nc4nc(nc5[nH]c(n2)c2c(F)c(Oc6ccc(CC)cc6)c(Oc6ccc(CC)cc6)c(F)c52)-c2c(F)c(Oc5ccc(CC)cc5)c(Oc5ccc(CC)cc5)c(F)c2-4)c2c(F)c(Oc4ccc(CC)cc4)c(Oc4ccc(CC)cc4)c(F)c32)cc1. The molecular weight excluding hydrogens is 1550 g/mol. The Morgan fingerprint density at radius 2 is 0.325 bits per heavy atom. The second kappa shape index (κ2) is 32.7. The predicted molar refractivity (Wildman–Crippen MR) is 443 cm³/mol. The summed E-state index contributed by atoms with van der Waals surface area (Å²) in [4.78, 5) is 34.4. The zero-order valence-electron chi connectivity index (χ0n) is 66.1. The van der Waals surface area contributed by atoms with Gasteiger partial charge in [-0.05, 0) is 193 Å². The molecule has 15 aromatic rings. The van der Waals surface area contributed by atoms with Gasteiger partial charge in [-0.2, -0.15) is 0 Å². The van der Waals surface area contributed by atoms with Crippen LogP contribution in [0.25, 0.3) is 89.7 Å². The van der Waals surface area contributed by atoms with Crippen LogP contribution in [0.3, 0.4) is 0 Å². The first-order valence-corrected chi connectivity index (χ1v) is 39.5. The molecule has 16 nitrogen and oxygen atoms in total. The molecule has 0 atom stereocenters. The van der Waals surface area contributed by atoms with Gasteiger partial charge in [-0.15, -0.1) is 0 Å². The number of benzene rings is 12. The fourth-order valence-electron chi connectivity index (χ4n) is 14.3. The van der Waals surface area contributed by atoms with Crippen LogP contribution in [-0.2, 0) is 51.4 Å². The van der Waals surface area contributed by atoms with Gasteiger partial charge in [0.25, 0.3) is 0 Å². The van der Waals surface area contributed by atoms with Gasteiger partial charge < -0.3 is 47.9 Å². The second-order valence-corrected chi connectivity index (χ2v) is 28.6. The van der Waals surface area contributed by atoms with Crippen LogP contribution in [0, 0.1) is 46.5 Å². The molecule has 120 heavy (non-hydrogen) atoms. The average molecular weight is 1620 g/mol. The Balaban J connectivity index is 1.05. The topological polar surface area (TPSA) is 183 Å². The highest BCUT2D eigenvalue weighted by Gasteiger charge is 2.40. The molecule has 602 valence electrons. The van der Waals surface area contributed by atoms with Crippen molar-refractivity contribution in [3.05, 3.63) is 285 Å². The summed E-state index contributed by atoms with van der Waals surface area (Å²) in [7, 11) is 0. The lowest BCUT2D eigenvalue weighted by Gasteiger charge is -2.17. The molecule has 0 fully saturated rings. The molecule has 2 aliphatic rings. The highest BCUT2D eigenvalue weighted by Crippen LogP contribution is 2.55. The van der Waals surface area contributed by atoms with Crippen molar-refractivity contribution in [1.82, 2.24) is 39.9 Å². The van der Waals surface area contributed by atoms with E-state index in [1.807, 2.05) is 55.4 Å². The van der Waals surface area contributed by atoms with E-state index in [2.05, 4.69) is 9.97 Å². The van der Waals surface area contributed by atoms with Crippen LogP contribution in [0.5, 0.6) is 92.0 Å². The van der Waals surface area contributed by atoms with Gasteiger partial charge in [0, 0.05) is 0 Å². The number of hydrogen-bond acceptors (Lipinski definition) is 14. The summed E-state index contributed by atoms with van der Waals surface area (Å²) in [6.07, 6.45) is 4.77. The number of aryl methyl sites for hydroxylation is 8. The molecule has 2 N–H and O–H groups in total. The summed E-state index contributed by atoms with van der Waals surface area (Å²) in [5, 5.41) is -3.30. The maximum atomic E-state index is 19.3. The molecule has 24 heteroatoms. The molecule has 2 aliphatic heterocycles. The van der Waals surface area contributed by atoms with Gasteiger partial charge in [0.15, 0.2) is 69.8 Å². The van der Waals surface area contributed by atoms with Crippen molar-refractivity contribution < 1.29 is 73.0 Å². The minimum absolute atomic E-state index is 0.00278. The maximum absolute atomic E-state index is 19.3. The number of aromatic nitrogens is 8. The summed E-state index contributed by atoms with van der Waals surface area (Å²) >= 11 is 0. The summed E-state index contributed by atoms with van der Waals surface area (Å²) < 4.78 is 205. The van der Waals surface area contributed by atoms with E-state index < -0.39 is 182 Å². The molecule has 0 aliphatic carbocycles. The Morgan fingerprint density at radius 3 is 0.458 bits per heavy atom. The van der Waals surface area contributed by atoms with Crippen LogP contribution >= 0.6 is 0 Å². The first-order valence-electron chi connectivity index (χ1n) is 39.5. The van der Waals surface area contributed by atoms with Crippen molar-refractivity contribution in [2.24, 2.45) is 0 Å². The number of rotatable bonds is 24. The Bertz CT molecular complexity index is 5900. The van der Waals surface area contributed by atoms with Crippen LogP contribution in [0.1, 0.15) is 99.9 Å². The number of fused-ring (bicyclic) bond motifs is 20. The molecule has 5 heterocycles. The lowest BCUT2D eigenvalue weighted by atomic mass is 10.0. The second-order valence-electron chi connectivity index (χ2n) is 28.6. The normalized spacial score (nSPS) is 11.6. The smallest absolute Gasteiger partial charge is 0.209 e. The standard InChI is InChI=1S/C96H74F8N8O8/c1-9-49-17-33-57(34-18-49)113-81-73(97)65-66(74(98)82(81)114-58-35-19-50(10-2)20-36-58)90-105-89(65)109-91-67-68(76(100)84(116-60-39-23-52(12-4)24-40-60)83(75(67)99)115-59-37-21-51(11-3)22-38-59)93(106-91)111-95-71-72(80(104)88(120-64-47-31-56(16-8)32-48-64)87(79(71)103)119-63-45-29-55(15-7)30-46-63)96(108-95)112-94-70-69(92(107-94)110-90)77(101)85(117-61-41-25-53(13-5)26-42-61)86(78(70)102)118-62-43-27-54(14-6)28-44-62/h17-48H,9-16H2,1-8H3,(H2,105,106,107,108,109,110,111,112). The van der Waals surface area contributed by atoms with Crippen LogP contribution in [-0.4, -0.2) is 39.9 Å². The van der Waals surface area contributed by atoms with E-state index in [-0.39, 0.29) is 46.0 Å². The van der Waals surface area contributed by atoms with Crippen LogP contribution in [0.4, 0.5) is 35.1 Å². The van der Waals surface area contributed by atoms with Gasteiger partial charge in [-0.3, -0.25) is 0 Å². The predicted octanol–water partition coefficient (Wildman–Crippen LogP) is 26.8. The molecule has 0 saturated carbocycles. The molecule has 0 spiro atoms. The van der Waals surface area contributed by atoms with Gasteiger partial charge in [0.05, 0.1) is 43.8 Å². The molecule has 0 radical (unpaired) electrons. The number of hydrogen-bond donors (Lipinski definition) is 2. The van der Waals surface area contributed by atoms with Gasteiger partial charge in [-0.1, -0.05) is 152 Å². The summed E-state index contributed by atoms with van der Waals surface area (Å²) in [6.45, 7) is 15.4. The fourth-order valence-corrected chi connectivity index (χ4v) is 14.3. The van der Waals surface area contributed by atoms with Crippen molar-refractivity contribution in [3.63, 3.8) is 0 Å². The molecule has 0 saturated heterocycles. The fraction of sp³-hybridized carbons (Fsp3) is 0.167. The minimum atomic E-state index is -1.42. The van der Waals surface area contributed by atoms with E-state index in [0.717, 1.165) is 44.5 Å². The van der Waals surface area contributed by atoms with Gasteiger partial charge in [0.1, 0.15) is 68.6 Å². The van der Waals surface area contributed by atoms with Crippen molar-refractivity contribution in [1.29, 1.82) is 0 Å². The third kappa shape index (κ3) is 14.6. The molecule has 3 aromatic heterocycles.